The van der Waals surface area contributed by atoms with Gasteiger partial charge in [-0.1, -0.05) is 5.16 Å². The second-order valence-electron chi connectivity index (χ2n) is 10.1. The highest BCUT2D eigenvalue weighted by molar-refractivity contribution is 5.99. The summed E-state index contributed by atoms with van der Waals surface area (Å²) in [5.74, 6) is -4.77. The second kappa shape index (κ2) is 9.06. The number of halogens is 5. The summed E-state index contributed by atoms with van der Waals surface area (Å²) in [5.41, 5.74) is -5.27. The SMILES string of the molecule is Cc1cc(F)c(CNC(=O)c2cn3c(c(O)c2=O)C(=O)N2C[C@@H]3[C@]3(CC[C@@H]2C)CC(C(F)(F)F)=NO3)c(F)c1. The third-order valence-corrected chi connectivity index (χ3v) is 7.59. The molecule has 14 heteroatoms. The highest BCUT2D eigenvalue weighted by Crippen LogP contribution is 2.47. The van der Waals surface area contributed by atoms with Gasteiger partial charge in [-0.3, -0.25) is 14.4 Å². The van der Waals surface area contributed by atoms with Crippen LogP contribution in [-0.2, 0) is 11.4 Å². The van der Waals surface area contributed by atoms with Gasteiger partial charge in [-0.05, 0) is 44.4 Å². The molecule has 3 atom stereocenters. The minimum Gasteiger partial charge on any atom is -0.503 e. The Kier molecular flexibility index (Phi) is 6.18. The van der Waals surface area contributed by atoms with Crippen molar-refractivity contribution in [1.82, 2.24) is 14.8 Å². The van der Waals surface area contributed by atoms with Crippen LogP contribution in [0.4, 0.5) is 22.0 Å². The van der Waals surface area contributed by atoms with Crippen molar-refractivity contribution in [2.24, 2.45) is 5.16 Å². The van der Waals surface area contributed by atoms with Crippen LogP contribution < -0.4 is 10.7 Å². The van der Waals surface area contributed by atoms with Gasteiger partial charge < -0.3 is 24.7 Å². The molecule has 1 aromatic heterocycles. The van der Waals surface area contributed by atoms with Gasteiger partial charge in [0.1, 0.15) is 17.2 Å². The first-order valence-electron chi connectivity index (χ1n) is 12.1. The summed E-state index contributed by atoms with van der Waals surface area (Å²) in [6.07, 6.45) is -4.13. The first-order chi connectivity index (χ1) is 18.2. The zero-order chi connectivity index (χ0) is 28.4. The monoisotopic (exact) mass is 554 g/mol. The molecule has 2 aromatic rings. The van der Waals surface area contributed by atoms with E-state index in [4.69, 9.17) is 4.84 Å². The Bertz CT molecular complexity index is 1460. The number of pyridine rings is 1. The molecule has 2 N–H and O–H groups in total. The molecule has 1 spiro atoms. The van der Waals surface area contributed by atoms with Crippen LogP contribution in [0.25, 0.3) is 0 Å². The maximum Gasteiger partial charge on any atom is 0.432 e. The maximum atomic E-state index is 14.2. The predicted molar refractivity (Wildman–Crippen MR) is 125 cm³/mol. The van der Waals surface area contributed by atoms with Crippen molar-refractivity contribution >= 4 is 17.5 Å². The molecule has 0 aliphatic carbocycles. The Balaban J connectivity index is 1.55. The van der Waals surface area contributed by atoms with Gasteiger partial charge in [0.2, 0.25) is 5.43 Å². The van der Waals surface area contributed by atoms with Crippen LogP contribution in [-0.4, -0.2) is 56.5 Å². The van der Waals surface area contributed by atoms with E-state index in [1.54, 1.807) is 6.92 Å². The number of nitrogens with one attached hydrogen (secondary N) is 1. The molecule has 1 fully saturated rings. The average molecular weight is 554 g/mol. The molecule has 1 saturated heterocycles. The zero-order valence-corrected chi connectivity index (χ0v) is 20.7. The number of oxime groups is 1. The minimum atomic E-state index is -4.76. The summed E-state index contributed by atoms with van der Waals surface area (Å²) in [6.45, 7) is 2.40. The van der Waals surface area contributed by atoms with Crippen LogP contribution in [0.1, 0.15) is 64.2 Å². The average Bonchev–Trinajstić information content (AvgIpc) is 3.25. The van der Waals surface area contributed by atoms with Crippen molar-refractivity contribution in [1.29, 1.82) is 0 Å². The molecule has 2 amide bonds. The Labute approximate surface area is 217 Å². The van der Waals surface area contributed by atoms with E-state index in [0.29, 0.717) is 5.56 Å². The normalized spacial score (nSPS) is 24.2. The van der Waals surface area contributed by atoms with E-state index in [1.165, 1.54) is 11.8 Å². The number of alkyl halides is 3. The number of aromatic hydroxyl groups is 1. The molecule has 0 saturated carbocycles. The molecule has 208 valence electrons. The largest absolute Gasteiger partial charge is 0.503 e. The van der Waals surface area contributed by atoms with Crippen LogP contribution in [0.3, 0.4) is 0 Å². The van der Waals surface area contributed by atoms with Crippen LogP contribution in [0.15, 0.2) is 28.3 Å². The minimum absolute atomic E-state index is 0.0610. The van der Waals surface area contributed by atoms with Crippen molar-refractivity contribution < 1.29 is 41.5 Å². The topological polar surface area (TPSA) is 113 Å². The number of benzene rings is 1. The molecule has 0 radical (unpaired) electrons. The van der Waals surface area contributed by atoms with Crippen LogP contribution >= 0.6 is 0 Å². The first-order valence-corrected chi connectivity index (χ1v) is 12.1. The van der Waals surface area contributed by atoms with E-state index in [2.05, 4.69) is 10.5 Å². The number of carbonyl (C=O) groups excluding carboxylic acids is 2. The third-order valence-electron chi connectivity index (χ3n) is 7.59. The van der Waals surface area contributed by atoms with Gasteiger partial charge >= 0.3 is 6.18 Å². The molecule has 9 nitrogen and oxygen atoms in total. The second-order valence-corrected chi connectivity index (χ2v) is 10.1. The van der Waals surface area contributed by atoms with Gasteiger partial charge in [0.15, 0.2) is 22.8 Å². The van der Waals surface area contributed by atoms with E-state index < -0.39 is 94.0 Å². The molecule has 4 heterocycles. The van der Waals surface area contributed by atoms with Gasteiger partial charge in [0.25, 0.3) is 11.8 Å². The maximum absolute atomic E-state index is 14.2. The fourth-order valence-corrected chi connectivity index (χ4v) is 5.43. The molecule has 1 aromatic carbocycles. The summed E-state index contributed by atoms with van der Waals surface area (Å²) in [6, 6.07) is 0.618. The molecular formula is C25H23F5N4O5. The lowest BCUT2D eigenvalue weighted by Crippen LogP contribution is -2.52. The van der Waals surface area contributed by atoms with Crippen LogP contribution in [0.5, 0.6) is 5.75 Å². The third kappa shape index (κ3) is 4.31. The van der Waals surface area contributed by atoms with Crippen molar-refractivity contribution in [3.63, 3.8) is 0 Å². The number of nitrogens with zero attached hydrogens (tertiary/aromatic N) is 3. The van der Waals surface area contributed by atoms with Crippen LogP contribution in [0.2, 0.25) is 0 Å². The number of hydrogen-bond acceptors (Lipinski definition) is 6. The number of aromatic nitrogens is 1. The fraction of sp³-hybridized carbons (Fsp3) is 0.440. The van der Waals surface area contributed by atoms with Crippen molar-refractivity contribution in [2.75, 3.05) is 6.54 Å². The zero-order valence-electron chi connectivity index (χ0n) is 20.7. The summed E-state index contributed by atoms with van der Waals surface area (Å²) < 4.78 is 70.0. The smallest absolute Gasteiger partial charge is 0.432 e. The number of fused-ring (bicyclic) bond motifs is 5. The van der Waals surface area contributed by atoms with Gasteiger partial charge in [-0.15, -0.1) is 0 Å². The summed E-state index contributed by atoms with van der Waals surface area (Å²) >= 11 is 0. The highest BCUT2D eigenvalue weighted by Gasteiger charge is 2.57. The lowest BCUT2D eigenvalue weighted by Gasteiger charge is -2.41. The van der Waals surface area contributed by atoms with Gasteiger partial charge in [-0.2, -0.15) is 13.2 Å². The van der Waals surface area contributed by atoms with Gasteiger partial charge in [-0.25, -0.2) is 8.78 Å². The predicted octanol–water partition coefficient (Wildman–Crippen LogP) is 3.33. The van der Waals surface area contributed by atoms with E-state index in [0.717, 1.165) is 22.9 Å². The van der Waals surface area contributed by atoms with E-state index in [-0.39, 0.29) is 19.4 Å². The van der Waals surface area contributed by atoms with Crippen molar-refractivity contribution in [2.45, 2.75) is 63.5 Å². The molecule has 39 heavy (non-hydrogen) atoms. The summed E-state index contributed by atoms with van der Waals surface area (Å²) in [4.78, 5) is 45.9. The fourth-order valence-electron chi connectivity index (χ4n) is 5.43. The van der Waals surface area contributed by atoms with Gasteiger partial charge in [0.05, 0.1) is 6.04 Å². The lowest BCUT2D eigenvalue weighted by atomic mass is 9.84. The summed E-state index contributed by atoms with van der Waals surface area (Å²) in [5, 5.41) is 16.3. The number of amides is 2. The molecule has 2 bridgehead atoms. The Morgan fingerprint density at radius 1 is 1.26 bits per heavy atom. The Morgan fingerprint density at radius 2 is 1.92 bits per heavy atom. The first kappa shape index (κ1) is 26.6. The van der Waals surface area contributed by atoms with E-state index in [9.17, 15) is 41.4 Å². The Hall–Kier alpha value is -3.97. The quantitative estimate of drug-likeness (QED) is 0.566. The van der Waals surface area contributed by atoms with E-state index in [1.807, 2.05) is 0 Å². The number of aryl methyl sites for hydroxylation is 1. The molecule has 0 unspecified atom stereocenters. The highest BCUT2D eigenvalue weighted by atomic mass is 19.4. The summed E-state index contributed by atoms with van der Waals surface area (Å²) in [7, 11) is 0. The van der Waals surface area contributed by atoms with Crippen molar-refractivity contribution in [3.05, 3.63) is 62.6 Å². The molecule has 3 aliphatic heterocycles. The van der Waals surface area contributed by atoms with Crippen molar-refractivity contribution in [3.8, 4) is 5.75 Å². The number of rotatable bonds is 3. The molecular weight excluding hydrogens is 531 g/mol. The van der Waals surface area contributed by atoms with E-state index >= 15 is 0 Å². The number of hydrogen-bond donors (Lipinski definition) is 2. The standard InChI is InChI=1S/C25H23F5N4O5/c1-11-5-15(26)13(16(27)6-11)8-31-22(37)14-9-34-18-10-33(23(38)19(34)21(36)20(14)35)12(2)3-4-24(18)7-17(32-39-24)25(28,29)30/h5-6,9,12,18,36H,3-4,7-8,10H2,1-2H3,(H,31,37)/t12-,18+,24-/m0/s1. The molecule has 3 aliphatic rings. The Morgan fingerprint density at radius 3 is 2.54 bits per heavy atom. The lowest BCUT2D eigenvalue weighted by molar-refractivity contribution is -0.0658. The molecule has 5 rings (SSSR count). The van der Waals surface area contributed by atoms with Gasteiger partial charge in [0, 0.05) is 37.3 Å². The van der Waals surface area contributed by atoms with Crippen LogP contribution in [0, 0.1) is 18.6 Å². The number of carbonyl (C=O) groups is 2.